The molecule has 7 heteroatoms. The van der Waals surface area contributed by atoms with Gasteiger partial charge in [-0.25, -0.2) is 9.59 Å². The van der Waals surface area contributed by atoms with Crippen molar-refractivity contribution >= 4 is 17.9 Å². The Kier molecular flexibility index (Phi) is 5.76. The smallest absolute Gasteiger partial charge is 0.355 e. The number of hydrogen-bond donors (Lipinski definition) is 2. The Hall–Kier alpha value is -2.31. The fourth-order valence-electron chi connectivity index (χ4n) is 1.47. The van der Waals surface area contributed by atoms with Crippen LogP contribution in [0.25, 0.3) is 0 Å². The van der Waals surface area contributed by atoms with Crippen molar-refractivity contribution in [2.24, 2.45) is 7.05 Å². The lowest BCUT2D eigenvalue weighted by atomic mass is 10.4. The third-order valence-corrected chi connectivity index (χ3v) is 2.70. The summed E-state index contributed by atoms with van der Waals surface area (Å²) in [5.41, 5.74) is 1.26. The number of nitrogens with one attached hydrogen (secondary N) is 2. The molecule has 110 valence electrons. The average Bonchev–Trinajstić information content (AvgIpc) is 2.74. The van der Waals surface area contributed by atoms with E-state index in [1.54, 1.807) is 23.7 Å². The van der Waals surface area contributed by atoms with Gasteiger partial charge in [-0.15, -0.1) is 0 Å². The van der Waals surface area contributed by atoms with Gasteiger partial charge >= 0.3 is 12.0 Å². The zero-order valence-corrected chi connectivity index (χ0v) is 11.9. The standard InChI is InChI=1S/C13H19N3O4/c1-4-7-14-13(19)15-11(17)8-20-12(18)10-6-5-9(2)16(10)3/h5-6H,4,7-8H2,1-3H3,(H2,14,15,17,19). The average molecular weight is 281 g/mol. The van der Waals surface area contributed by atoms with Gasteiger partial charge in [0.15, 0.2) is 6.61 Å². The lowest BCUT2D eigenvalue weighted by Crippen LogP contribution is -2.41. The van der Waals surface area contributed by atoms with Crippen LogP contribution in [0.5, 0.6) is 0 Å². The van der Waals surface area contributed by atoms with Gasteiger partial charge in [0.1, 0.15) is 5.69 Å². The highest BCUT2D eigenvalue weighted by atomic mass is 16.5. The number of carbonyl (C=O) groups excluding carboxylic acids is 3. The number of imide groups is 1. The van der Waals surface area contributed by atoms with Crippen molar-refractivity contribution in [3.05, 3.63) is 23.5 Å². The molecule has 0 bridgehead atoms. The van der Waals surface area contributed by atoms with Crippen molar-refractivity contribution in [3.63, 3.8) is 0 Å². The molecule has 2 N–H and O–H groups in total. The first-order valence-electron chi connectivity index (χ1n) is 6.32. The Morgan fingerprint density at radius 1 is 1.30 bits per heavy atom. The first kappa shape index (κ1) is 15.7. The van der Waals surface area contributed by atoms with Crippen LogP contribution in [0, 0.1) is 6.92 Å². The predicted octanol–water partition coefficient (Wildman–Crippen LogP) is 0.726. The van der Waals surface area contributed by atoms with Crippen LogP contribution in [0.3, 0.4) is 0 Å². The molecule has 0 aliphatic rings. The molecule has 20 heavy (non-hydrogen) atoms. The number of amides is 3. The van der Waals surface area contributed by atoms with Gasteiger partial charge in [-0.3, -0.25) is 10.1 Å². The van der Waals surface area contributed by atoms with Gasteiger partial charge in [0.05, 0.1) is 0 Å². The third-order valence-electron chi connectivity index (χ3n) is 2.70. The maximum Gasteiger partial charge on any atom is 0.355 e. The van der Waals surface area contributed by atoms with Crippen LogP contribution >= 0.6 is 0 Å². The van der Waals surface area contributed by atoms with Crippen LogP contribution in [-0.2, 0) is 16.6 Å². The highest BCUT2D eigenvalue weighted by Crippen LogP contribution is 2.07. The van der Waals surface area contributed by atoms with Crippen LogP contribution in [0.15, 0.2) is 12.1 Å². The maximum atomic E-state index is 11.7. The van der Waals surface area contributed by atoms with Crippen molar-refractivity contribution in [1.82, 2.24) is 15.2 Å². The van der Waals surface area contributed by atoms with Crippen LogP contribution in [0.1, 0.15) is 29.5 Å². The van der Waals surface area contributed by atoms with E-state index in [9.17, 15) is 14.4 Å². The number of nitrogens with zero attached hydrogens (tertiary/aromatic N) is 1. The minimum absolute atomic E-state index is 0.353. The van der Waals surface area contributed by atoms with E-state index < -0.39 is 24.5 Å². The van der Waals surface area contributed by atoms with Crippen molar-refractivity contribution < 1.29 is 19.1 Å². The van der Waals surface area contributed by atoms with Crippen molar-refractivity contribution in [2.75, 3.05) is 13.2 Å². The number of urea groups is 1. The Labute approximate surface area is 117 Å². The summed E-state index contributed by atoms with van der Waals surface area (Å²) in [7, 11) is 1.73. The summed E-state index contributed by atoms with van der Waals surface area (Å²) in [4.78, 5) is 34.3. The van der Waals surface area contributed by atoms with Crippen LogP contribution in [-0.4, -0.2) is 35.6 Å². The Morgan fingerprint density at radius 3 is 2.55 bits per heavy atom. The molecule has 0 radical (unpaired) electrons. The number of carbonyl (C=O) groups is 3. The molecular formula is C13H19N3O4. The predicted molar refractivity (Wildman–Crippen MR) is 72.3 cm³/mol. The van der Waals surface area contributed by atoms with E-state index >= 15 is 0 Å². The summed E-state index contributed by atoms with van der Waals surface area (Å²) >= 11 is 0. The van der Waals surface area contributed by atoms with E-state index in [1.807, 2.05) is 13.8 Å². The monoisotopic (exact) mass is 281 g/mol. The molecule has 1 aromatic heterocycles. The molecule has 0 saturated carbocycles. The highest BCUT2D eigenvalue weighted by molar-refractivity contribution is 5.96. The molecule has 0 aliphatic carbocycles. The Morgan fingerprint density at radius 2 is 2.00 bits per heavy atom. The number of esters is 1. The lowest BCUT2D eigenvalue weighted by Gasteiger charge is -2.07. The van der Waals surface area contributed by atoms with Crippen molar-refractivity contribution in [1.29, 1.82) is 0 Å². The number of aromatic nitrogens is 1. The number of ether oxygens (including phenoxy) is 1. The molecule has 3 amide bonds. The Bertz CT molecular complexity index is 508. The molecule has 0 saturated heterocycles. The molecule has 0 aliphatic heterocycles. The van der Waals surface area contributed by atoms with Gasteiger partial charge in [-0.1, -0.05) is 6.92 Å². The maximum absolute atomic E-state index is 11.7. The van der Waals surface area contributed by atoms with Gasteiger partial charge in [0, 0.05) is 19.3 Å². The van der Waals surface area contributed by atoms with Gasteiger partial charge in [-0.05, 0) is 25.5 Å². The number of aryl methyl sites for hydroxylation is 1. The Balaban J connectivity index is 2.39. The normalized spacial score (nSPS) is 9.95. The number of hydrogen-bond acceptors (Lipinski definition) is 4. The van der Waals surface area contributed by atoms with E-state index in [0.717, 1.165) is 12.1 Å². The van der Waals surface area contributed by atoms with Gasteiger partial charge in [0.25, 0.3) is 5.91 Å². The van der Waals surface area contributed by atoms with E-state index in [4.69, 9.17) is 4.74 Å². The topological polar surface area (TPSA) is 89.4 Å². The number of rotatable bonds is 5. The zero-order valence-electron chi connectivity index (χ0n) is 11.9. The lowest BCUT2D eigenvalue weighted by molar-refractivity contribution is -0.123. The molecule has 1 heterocycles. The van der Waals surface area contributed by atoms with Gasteiger partial charge in [-0.2, -0.15) is 0 Å². The van der Waals surface area contributed by atoms with E-state index in [-0.39, 0.29) is 0 Å². The quantitative estimate of drug-likeness (QED) is 0.778. The summed E-state index contributed by atoms with van der Waals surface area (Å²) in [6.45, 7) is 3.72. The van der Waals surface area contributed by atoms with Crippen LogP contribution in [0.4, 0.5) is 4.79 Å². The minimum atomic E-state index is -0.669. The van der Waals surface area contributed by atoms with Crippen molar-refractivity contribution in [3.8, 4) is 0 Å². The van der Waals surface area contributed by atoms with Gasteiger partial charge < -0.3 is 14.6 Å². The second-order valence-electron chi connectivity index (χ2n) is 4.30. The van der Waals surface area contributed by atoms with E-state index in [1.165, 1.54) is 0 Å². The van der Waals surface area contributed by atoms with Crippen molar-refractivity contribution in [2.45, 2.75) is 20.3 Å². The second-order valence-corrected chi connectivity index (χ2v) is 4.30. The molecule has 1 aromatic rings. The summed E-state index contributed by atoms with van der Waals surface area (Å²) in [6.07, 6.45) is 0.767. The molecule has 1 rings (SSSR count). The summed E-state index contributed by atoms with van der Waals surface area (Å²) in [6, 6.07) is 2.79. The first-order chi connectivity index (χ1) is 9.45. The van der Waals surface area contributed by atoms with E-state index in [2.05, 4.69) is 10.6 Å². The summed E-state index contributed by atoms with van der Waals surface area (Å²) < 4.78 is 6.50. The van der Waals surface area contributed by atoms with Gasteiger partial charge in [0.2, 0.25) is 0 Å². The van der Waals surface area contributed by atoms with E-state index in [0.29, 0.717) is 12.2 Å². The SMILES string of the molecule is CCCNC(=O)NC(=O)COC(=O)c1ccc(C)n1C. The second kappa shape index (κ2) is 7.32. The summed E-state index contributed by atoms with van der Waals surface area (Å²) in [5.74, 6) is -1.28. The third kappa shape index (κ3) is 4.42. The molecule has 0 spiro atoms. The molecule has 0 atom stereocenters. The van der Waals surface area contributed by atoms with Crippen LogP contribution < -0.4 is 10.6 Å². The fourth-order valence-corrected chi connectivity index (χ4v) is 1.47. The summed E-state index contributed by atoms with van der Waals surface area (Å²) in [5, 5.41) is 4.55. The molecule has 0 aromatic carbocycles. The molecule has 0 fully saturated rings. The first-order valence-corrected chi connectivity index (χ1v) is 6.32. The minimum Gasteiger partial charge on any atom is -0.451 e. The highest BCUT2D eigenvalue weighted by Gasteiger charge is 2.15. The largest absolute Gasteiger partial charge is 0.451 e. The fraction of sp³-hybridized carbons (Fsp3) is 0.462. The van der Waals surface area contributed by atoms with Crippen LogP contribution in [0.2, 0.25) is 0 Å². The molecular weight excluding hydrogens is 262 g/mol. The zero-order chi connectivity index (χ0) is 15.1. The molecule has 7 nitrogen and oxygen atoms in total. The molecule has 0 unspecified atom stereocenters.